The van der Waals surface area contributed by atoms with E-state index in [0.717, 1.165) is 52.7 Å². The van der Waals surface area contributed by atoms with Crippen LogP contribution in [-0.2, 0) is 17.6 Å². The lowest BCUT2D eigenvalue weighted by Crippen LogP contribution is -2.08. The lowest BCUT2D eigenvalue weighted by Gasteiger charge is -2.20. The third-order valence-electron chi connectivity index (χ3n) is 4.76. The molecule has 4 rings (SSSR count). The lowest BCUT2D eigenvalue weighted by molar-refractivity contribution is 0.0533. The summed E-state index contributed by atoms with van der Waals surface area (Å²) < 4.78 is 5.17. The molecule has 26 heavy (non-hydrogen) atoms. The number of aromatic nitrogens is 1. The van der Waals surface area contributed by atoms with Gasteiger partial charge in [-0.3, -0.25) is 0 Å². The van der Waals surface area contributed by atoms with Crippen molar-refractivity contribution in [2.75, 3.05) is 12.3 Å². The third-order valence-corrected chi connectivity index (χ3v) is 6.17. The molecule has 3 aromatic rings. The Morgan fingerprint density at radius 1 is 1.31 bits per heavy atom. The van der Waals surface area contributed by atoms with Gasteiger partial charge in [0.15, 0.2) is 0 Å². The summed E-state index contributed by atoms with van der Waals surface area (Å²) in [5.41, 5.74) is 11.1. The Morgan fingerprint density at radius 3 is 2.85 bits per heavy atom. The number of hydrogen-bond donors (Lipinski definition) is 1. The molecule has 0 aliphatic heterocycles. The van der Waals surface area contributed by atoms with Gasteiger partial charge in [-0.15, -0.1) is 11.3 Å². The van der Waals surface area contributed by atoms with Crippen LogP contribution in [0, 0.1) is 0 Å². The molecule has 0 unspecified atom stereocenters. The van der Waals surface area contributed by atoms with Gasteiger partial charge in [-0.1, -0.05) is 29.8 Å². The van der Waals surface area contributed by atoms with Crippen LogP contribution in [0.1, 0.15) is 40.7 Å². The zero-order valence-electron chi connectivity index (χ0n) is 14.5. The summed E-state index contributed by atoms with van der Waals surface area (Å²) in [7, 11) is 0. The molecule has 2 aromatic heterocycles. The van der Waals surface area contributed by atoms with Crippen molar-refractivity contribution in [1.82, 2.24) is 4.98 Å². The minimum atomic E-state index is -0.393. The molecule has 0 atom stereocenters. The van der Waals surface area contributed by atoms with Crippen LogP contribution in [0.2, 0.25) is 5.02 Å². The summed E-state index contributed by atoms with van der Waals surface area (Å²) in [4.78, 5) is 18.4. The maximum absolute atomic E-state index is 12.3. The Kier molecular flexibility index (Phi) is 4.59. The standard InChI is InChI=1S/C20H19ClN2O2S/c1-2-25-20(24)18-17(22)16-15(11-7-3-5-9-13(11)21)12-8-4-6-10-14(12)23-19(16)26-18/h3,5,7,9H,2,4,6,8,10,22H2,1H3. The summed E-state index contributed by atoms with van der Waals surface area (Å²) in [6.45, 7) is 2.10. The van der Waals surface area contributed by atoms with Crippen molar-refractivity contribution in [3.05, 3.63) is 45.4 Å². The van der Waals surface area contributed by atoms with Crippen LogP contribution >= 0.6 is 22.9 Å². The molecule has 1 aliphatic rings. The monoisotopic (exact) mass is 386 g/mol. The van der Waals surface area contributed by atoms with Crippen LogP contribution in [-0.4, -0.2) is 17.6 Å². The van der Waals surface area contributed by atoms with Gasteiger partial charge in [-0.2, -0.15) is 0 Å². The van der Waals surface area contributed by atoms with E-state index in [0.29, 0.717) is 22.2 Å². The van der Waals surface area contributed by atoms with E-state index in [-0.39, 0.29) is 0 Å². The zero-order chi connectivity index (χ0) is 18.3. The Bertz CT molecular complexity index is 1010. The molecular formula is C20H19ClN2O2S. The van der Waals surface area contributed by atoms with Gasteiger partial charge in [0.1, 0.15) is 9.71 Å². The lowest BCUT2D eigenvalue weighted by atomic mass is 9.87. The molecule has 0 amide bonds. The summed E-state index contributed by atoms with van der Waals surface area (Å²) in [5.74, 6) is -0.393. The second-order valence-corrected chi connectivity index (χ2v) is 7.75. The largest absolute Gasteiger partial charge is 0.462 e. The summed E-state index contributed by atoms with van der Waals surface area (Å²) in [6.07, 6.45) is 4.13. The molecule has 1 aliphatic carbocycles. The van der Waals surface area contributed by atoms with Gasteiger partial charge in [0.2, 0.25) is 0 Å². The zero-order valence-corrected chi connectivity index (χ0v) is 16.0. The van der Waals surface area contributed by atoms with Crippen molar-refractivity contribution in [2.24, 2.45) is 0 Å². The van der Waals surface area contributed by atoms with Gasteiger partial charge < -0.3 is 10.5 Å². The van der Waals surface area contributed by atoms with E-state index < -0.39 is 5.97 Å². The van der Waals surface area contributed by atoms with E-state index in [1.807, 2.05) is 24.3 Å². The molecule has 0 spiro atoms. The number of ether oxygens (including phenoxy) is 1. The van der Waals surface area contributed by atoms with E-state index in [1.54, 1.807) is 6.92 Å². The number of rotatable bonds is 3. The average molecular weight is 387 g/mol. The first-order chi connectivity index (χ1) is 12.6. The van der Waals surface area contributed by atoms with Crippen molar-refractivity contribution < 1.29 is 9.53 Å². The number of pyridine rings is 1. The number of carbonyl (C=O) groups is 1. The van der Waals surface area contributed by atoms with Crippen LogP contribution in [0.5, 0.6) is 0 Å². The summed E-state index contributed by atoms with van der Waals surface area (Å²) >= 11 is 7.83. The second kappa shape index (κ2) is 6.89. The van der Waals surface area contributed by atoms with E-state index in [1.165, 1.54) is 16.9 Å². The van der Waals surface area contributed by atoms with Crippen LogP contribution in [0.25, 0.3) is 21.3 Å². The molecule has 134 valence electrons. The minimum absolute atomic E-state index is 0.313. The molecule has 4 nitrogen and oxygen atoms in total. The predicted molar refractivity (Wildman–Crippen MR) is 107 cm³/mol. The number of nitrogens with zero attached hydrogens (tertiary/aromatic N) is 1. The van der Waals surface area contributed by atoms with Crippen LogP contribution in [0.15, 0.2) is 24.3 Å². The number of nitrogen functional groups attached to an aromatic ring is 1. The number of nitrogens with two attached hydrogens (primary N) is 1. The van der Waals surface area contributed by atoms with E-state index in [9.17, 15) is 4.79 Å². The van der Waals surface area contributed by atoms with Gasteiger partial charge in [0.05, 0.1) is 12.3 Å². The Hall–Kier alpha value is -2.11. The quantitative estimate of drug-likeness (QED) is 0.624. The Balaban J connectivity index is 2.07. The Morgan fingerprint density at radius 2 is 2.08 bits per heavy atom. The molecule has 0 radical (unpaired) electrons. The fourth-order valence-corrected chi connectivity index (χ4v) is 4.86. The van der Waals surface area contributed by atoms with Gasteiger partial charge in [-0.25, -0.2) is 9.78 Å². The molecule has 0 saturated carbocycles. The smallest absolute Gasteiger partial charge is 0.350 e. The Labute approximate surface area is 160 Å². The maximum Gasteiger partial charge on any atom is 0.350 e. The highest BCUT2D eigenvalue weighted by Crippen LogP contribution is 2.45. The minimum Gasteiger partial charge on any atom is -0.462 e. The van der Waals surface area contributed by atoms with Crippen molar-refractivity contribution in [3.63, 3.8) is 0 Å². The van der Waals surface area contributed by atoms with Crippen LogP contribution < -0.4 is 5.73 Å². The molecule has 1 aromatic carbocycles. The average Bonchev–Trinajstić information content (AvgIpc) is 2.97. The van der Waals surface area contributed by atoms with Gasteiger partial charge in [0, 0.05) is 27.2 Å². The van der Waals surface area contributed by atoms with Crippen LogP contribution in [0.4, 0.5) is 5.69 Å². The molecule has 2 heterocycles. The van der Waals surface area contributed by atoms with E-state index in [2.05, 4.69) is 0 Å². The fraction of sp³-hybridized carbons (Fsp3) is 0.300. The molecule has 0 bridgehead atoms. The first-order valence-corrected chi connectivity index (χ1v) is 9.97. The summed E-state index contributed by atoms with van der Waals surface area (Å²) in [6, 6.07) is 7.77. The number of esters is 1. The van der Waals surface area contributed by atoms with E-state index in [4.69, 9.17) is 27.1 Å². The number of anilines is 1. The topological polar surface area (TPSA) is 65.2 Å². The number of hydrogen-bond acceptors (Lipinski definition) is 5. The second-order valence-electron chi connectivity index (χ2n) is 6.34. The number of benzene rings is 1. The van der Waals surface area contributed by atoms with Gasteiger partial charge in [0.25, 0.3) is 0 Å². The van der Waals surface area contributed by atoms with Crippen molar-refractivity contribution in [3.8, 4) is 11.1 Å². The van der Waals surface area contributed by atoms with Gasteiger partial charge >= 0.3 is 5.97 Å². The highest BCUT2D eigenvalue weighted by atomic mass is 35.5. The van der Waals surface area contributed by atoms with Crippen molar-refractivity contribution >= 4 is 44.8 Å². The van der Waals surface area contributed by atoms with Crippen molar-refractivity contribution in [1.29, 1.82) is 0 Å². The maximum atomic E-state index is 12.3. The van der Waals surface area contributed by atoms with Crippen LogP contribution in [0.3, 0.4) is 0 Å². The fourth-order valence-electron chi connectivity index (χ4n) is 3.62. The number of thiophene rings is 1. The highest BCUT2D eigenvalue weighted by Gasteiger charge is 2.26. The number of carbonyl (C=O) groups excluding carboxylic acids is 1. The SMILES string of the molecule is CCOC(=O)c1sc2nc3c(c(-c4ccccc4Cl)c2c1N)CCCC3. The molecule has 6 heteroatoms. The van der Waals surface area contributed by atoms with Crippen molar-refractivity contribution in [2.45, 2.75) is 32.6 Å². The molecule has 2 N–H and O–H groups in total. The third kappa shape index (κ3) is 2.75. The predicted octanol–water partition coefficient (Wildman–Crippen LogP) is 5.25. The normalized spacial score (nSPS) is 13.6. The number of fused-ring (bicyclic) bond motifs is 2. The number of halogens is 1. The first kappa shape index (κ1) is 17.3. The first-order valence-electron chi connectivity index (χ1n) is 8.77. The molecule has 0 saturated heterocycles. The summed E-state index contributed by atoms with van der Waals surface area (Å²) in [5, 5.41) is 1.50. The van der Waals surface area contributed by atoms with E-state index >= 15 is 0 Å². The molecular weight excluding hydrogens is 368 g/mol. The van der Waals surface area contributed by atoms with Gasteiger partial charge in [-0.05, 0) is 44.2 Å². The molecule has 0 fully saturated rings. The highest BCUT2D eigenvalue weighted by molar-refractivity contribution is 7.21. The number of aryl methyl sites for hydroxylation is 1.